The van der Waals surface area contributed by atoms with E-state index in [0.29, 0.717) is 22.7 Å². The molecule has 2 aromatic carbocycles. The van der Waals surface area contributed by atoms with Crippen molar-refractivity contribution in [2.24, 2.45) is 0 Å². The van der Waals surface area contributed by atoms with E-state index in [2.05, 4.69) is 9.71 Å². The molecule has 1 aliphatic heterocycles. The number of hydrogen-bond donors (Lipinski definition) is 1. The van der Waals surface area contributed by atoms with E-state index in [0.717, 1.165) is 10.5 Å². The highest BCUT2D eigenvalue weighted by Gasteiger charge is 2.36. The van der Waals surface area contributed by atoms with Crippen molar-refractivity contribution in [1.82, 2.24) is 9.88 Å². The number of aromatic nitrogens is 1. The van der Waals surface area contributed by atoms with Crippen LogP contribution in [0.25, 0.3) is 0 Å². The Labute approximate surface area is 178 Å². The predicted octanol–water partition coefficient (Wildman–Crippen LogP) is 3.37. The van der Waals surface area contributed by atoms with Gasteiger partial charge in [-0.2, -0.15) is 0 Å². The van der Waals surface area contributed by atoms with Crippen LogP contribution in [0.3, 0.4) is 0 Å². The largest absolute Gasteiger partial charge is 0.280 e. The Morgan fingerprint density at radius 3 is 2.43 bits per heavy atom. The summed E-state index contributed by atoms with van der Waals surface area (Å²) in [6.07, 6.45) is 1.87. The fraction of sp³-hybridized carbons (Fsp3) is 0.0952. The molecule has 9 heteroatoms. The number of nitrogens with one attached hydrogen (secondary N) is 1. The van der Waals surface area contributed by atoms with Gasteiger partial charge >= 0.3 is 0 Å². The molecule has 0 spiro atoms. The molecule has 152 valence electrons. The van der Waals surface area contributed by atoms with E-state index < -0.39 is 15.9 Å². The first-order chi connectivity index (χ1) is 14.3. The minimum Gasteiger partial charge on any atom is -0.280 e. The summed E-state index contributed by atoms with van der Waals surface area (Å²) in [5.74, 6) is -0.784. The van der Waals surface area contributed by atoms with Gasteiger partial charge in [0.1, 0.15) is 5.69 Å². The molecule has 0 atom stereocenters. The molecule has 4 rings (SSSR count). The number of pyridine rings is 1. The monoisotopic (exact) mass is 441 g/mol. The van der Waals surface area contributed by atoms with Gasteiger partial charge in [0.05, 0.1) is 16.1 Å². The van der Waals surface area contributed by atoms with Crippen molar-refractivity contribution in [2.45, 2.75) is 11.3 Å². The lowest BCUT2D eigenvalue weighted by Crippen LogP contribution is -2.31. The molecule has 0 aliphatic carbocycles. The Hall–Kier alpha value is -3.23. The van der Waals surface area contributed by atoms with Gasteiger partial charge in [0.15, 0.2) is 0 Å². The molecule has 30 heavy (non-hydrogen) atoms. The van der Waals surface area contributed by atoms with Crippen LogP contribution in [0.4, 0.5) is 5.69 Å². The molecule has 2 amide bonds. The van der Waals surface area contributed by atoms with E-state index in [1.54, 1.807) is 42.5 Å². The van der Waals surface area contributed by atoms with Crippen LogP contribution in [-0.2, 0) is 16.4 Å². The molecule has 1 N–H and O–H groups in total. The highest BCUT2D eigenvalue weighted by Crippen LogP contribution is 2.22. The quantitative estimate of drug-likeness (QED) is 0.591. The summed E-state index contributed by atoms with van der Waals surface area (Å²) in [5.41, 5.74) is 1.62. The Bertz CT molecular complexity index is 1210. The van der Waals surface area contributed by atoms with Crippen LogP contribution in [0.15, 0.2) is 71.8 Å². The van der Waals surface area contributed by atoms with Gasteiger partial charge in [-0.3, -0.25) is 24.2 Å². The lowest BCUT2D eigenvalue weighted by Gasteiger charge is -2.13. The van der Waals surface area contributed by atoms with E-state index >= 15 is 0 Å². The zero-order chi connectivity index (χ0) is 21.3. The van der Waals surface area contributed by atoms with E-state index in [1.165, 1.54) is 24.4 Å². The van der Waals surface area contributed by atoms with E-state index in [4.69, 9.17) is 11.6 Å². The Kier molecular flexibility index (Phi) is 5.27. The summed E-state index contributed by atoms with van der Waals surface area (Å²) in [4.78, 5) is 30.0. The van der Waals surface area contributed by atoms with Crippen molar-refractivity contribution < 1.29 is 18.0 Å². The van der Waals surface area contributed by atoms with Gasteiger partial charge in [0.25, 0.3) is 21.8 Å². The van der Waals surface area contributed by atoms with Gasteiger partial charge in [-0.1, -0.05) is 29.8 Å². The second-order valence-corrected chi connectivity index (χ2v) is 8.79. The minimum atomic E-state index is -3.77. The highest BCUT2D eigenvalue weighted by atomic mass is 35.5. The molecule has 0 unspecified atom stereocenters. The molecule has 0 bridgehead atoms. The maximum absolute atomic E-state index is 12.5. The SMILES string of the molecule is O=C1c2cccnc2C(=O)N1CCc1ccc(S(=O)(=O)Nc2cccc(Cl)c2)cc1. The number of anilines is 1. The second-order valence-electron chi connectivity index (χ2n) is 6.67. The number of halogens is 1. The van der Waals surface area contributed by atoms with Crippen molar-refractivity contribution in [2.75, 3.05) is 11.3 Å². The second kappa shape index (κ2) is 7.89. The first-order valence-corrected chi connectivity index (χ1v) is 10.9. The normalized spacial score (nSPS) is 13.4. The molecule has 0 radical (unpaired) electrons. The average Bonchev–Trinajstić information content (AvgIpc) is 2.97. The number of benzene rings is 2. The summed E-state index contributed by atoms with van der Waals surface area (Å²) in [7, 11) is -3.77. The van der Waals surface area contributed by atoms with Crippen LogP contribution in [0.1, 0.15) is 26.4 Å². The summed E-state index contributed by atoms with van der Waals surface area (Å²) >= 11 is 5.89. The van der Waals surface area contributed by atoms with Crippen molar-refractivity contribution in [3.8, 4) is 0 Å². The van der Waals surface area contributed by atoms with Crippen molar-refractivity contribution in [3.05, 3.63) is 88.7 Å². The molecule has 0 saturated heterocycles. The number of nitrogens with zero attached hydrogens (tertiary/aromatic N) is 2. The number of fused-ring (bicyclic) bond motifs is 1. The van der Waals surface area contributed by atoms with Crippen molar-refractivity contribution in [1.29, 1.82) is 0 Å². The number of amides is 2. The highest BCUT2D eigenvalue weighted by molar-refractivity contribution is 7.92. The topological polar surface area (TPSA) is 96.4 Å². The first-order valence-electron chi connectivity index (χ1n) is 9.04. The molecule has 1 aliphatic rings. The van der Waals surface area contributed by atoms with Crippen LogP contribution in [-0.4, -0.2) is 36.7 Å². The molecule has 0 fully saturated rings. The molecule has 2 heterocycles. The number of imide groups is 1. The third-order valence-corrected chi connectivity index (χ3v) is 6.30. The molecular weight excluding hydrogens is 426 g/mol. The Morgan fingerprint density at radius 2 is 1.73 bits per heavy atom. The standard InChI is InChI=1S/C21H16ClN3O4S/c22-15-3-1-4-16(13-15)24-30(28,29)17-8-6-14(7-9-17)10-12-25-20(26)18-5-2-11-23-19(18)21(25)27/h1-9,11,13,24H,10,12H2. The zero-order valence-electron chi connectivity index (χ0n) is 15.6. The van der Waals surface area contributed by atoms with Crippen LogP contribution in [0, 0.1) is 0 Å². The van der Waals surface area contributed by atoms with E-state index in [-0.39, 0.29) is 23.0 Å². The fourth-order valence-electron chi connectivity index (χ4n) is 3.16. The number of hydrogen-bond acceptors (Lipinski definition) is 5. The average molecular weight is 442 g/mol. The fourth-order valence-corrected chi connectivity index (χ4v) is 4.40. The van der Waals surface area contributed by atoms with Gasteiger partial charge in [0, 0.05) is 17.8 Å². The molecule has 7 nitrogen and oxygen atoms in total. The van der Waals surface area contributed by atoms with Crippen LogP contribution in [0.5, 0.6) is 0 Å². The van der Waals surface area contributed by atoms with Gasteiger partial charge in [-0.15, -0.1) is 0 Å². The predicted molar refractivity (Wildman–Crippen MR) is 112 cm³/mol. The molecule has 3 aromatic rings. The van der Waals surface area contributed by atoms with Crippen molar-refractivity contribution >= 4 is 39.1 Å². The number of carbonyl (C=O) groups excluding carboxylic acids is 2. The maximum atomic E-state index is 12.5. The zero-order valence-corrected chi connectivity index (χ0v) is 17.2. The smallest absolute Gasteiger partial charge is 0.280 e. The third-order valence-electron chi connectivity index (χ3n) is 4.67. The molecule has 0 saturated carbocycles. The van der Waals surface area contributed by atoms with Crippen LogP contribution in [0.2, 0.25) is 5.02 Å². The van der Waals surface area contributed by atoms with Crippen molar-refractivity contribution in [3.63, 3.8) is 0 Å². The van der Waals surface area contributed by atoms with Gasteiger partial charge in [-0.05, 0) is 54.4 Å². The summed E-state index contributed by atoms with van der Waals surface area (Å²) in [6, 6.07) is 15.9. The lowest BCUT2D eigenvalue weighted by atomic mass is 10.1. The summed E-state index contributed by atoms with van der Waals surface area (Å²) < 4.78 is 27.6. The molecular formula is C21H16ClN3O4S. The summed E-state index contributed by atoms with van der Waals surface area (Å²) in [6.45, 7) is 0.181. The van der Waals surface area contributed by atoms with Gasteiger partial charge < -0.3 is 0 Å². The van der Waals surface area contributed by atoms with E-state index in [9.17, 15) is 18.0 Å². The number of sulfonamides is 1. The third kappa shape index (κ3) is 3.92. The van der Waals surface area contributed by atoms with Gasteiger partial charge in [-0.25, -0.2) is 8.42 Å². The van der Waals surface area contributed by atoms with Gasteiger partial charge in [0.2, 0.25) is 0 Å². The number of rotatable bonds is 6. The van der Waals surface area contributed by atoms with Crippen LogP contribution >= 0.6 is 11.6 Å². The maximum Gasteiger partial charge on any atom is 0.280 e. The minimum absolute atomic E-state index is 0.0937. The summed E-state index contributed by atoms with van der Waals surface area (Å²) in [5, 5.41) is 0.425. The lowest BCUT2D eigenvalue weighted by molar-refractivity contribution is 0.0654. The van der Waals surface area contributed by atoms with Crippen LogP contribution < -0.4 is 4.72 Å². The van der Waals surface area contributed by atoms with E-state index in [1.807, 2.05) is 0 Å². The Balaban J connectivity index is 1.43. The Morgan fingerprint density at radius 1 is 0.967 bits per heavy atom. The number of carbonyl (C=O) groups is 2. The molecule has 1 aromatic heterocycles. The first kappa shape index (κ1) is 20.1.